The van der Waals surface area contributed by atoms with Crippen molar-refractivity contribution in [3.05, 3.63) is 24.8 Å². The van der Waals surface area contributed by atoms with Gasteiger partial charge in [-0.05, 0) is 32.1 Å². The maximum atomic E-state index is 10.3. The van der Waals surface area contributed by atoms with Gasteiger partial charge in [0.25, 0.3) is 0 Å². The van der Waals surface area contributed by atoms with Gasteiger partial charge in [0.15, 0.2) is 0 Å². The summed E-state index contributed by atoms with van der Waals surface area (Å²) in [4.78, 5) is 19.6. The fourth-order valence-electron chi connectivity index (χ4n) is 2.36. The third-order valence-electron chi connectivity index (χ3n) is 3.90. The van der Waals surface area contributed by atoms with E-state index in [4.69, 9.17) is 10.2 Å². The Balaban J connectivity index is 0. The van der Waals surface area contributed by atoms with Gasteiger partial charge in [-0.3, -0.25) is 4.79 Å². The Morgan fingerprint density at radius 3 is 2.08 bits per heavy atom. The zero-order valence-electron chi connectivity index (χ0n) is 16.4. The first-order chi connectivity index (χ1) is 12.4. The van der Waals surface area contributed by atoms with Crippen molar-refractivity contribution < 1.29 is 24.9 Å². The Labute approximate surface area is 158 Å². The number of rotatable bonds is 16. The predicted molar refractivity (Wildman–Crippen MR) is 106 cm³/mol. The number of allylic oxidation sites excluding steroid dienone is 1. The second-order valence-corrected chi connectivity index (χ2v) is 6.45. The molecule has 0 spiro atoms. The molecule has 0 aromatic carbocycles. The average molecular weight is 371 g/mol. The normalized spacial score (nSPS) is 11.6. The van der Waals surface area contributed by atoms with Crippen molar-refractivity contribution in [2.24, 2.45) is 0 Å². The summed E-state index contributed by atoms with van der Waals surface area (Å²) in [5.41, 5.74) is 0. The number of carboxylic acids is 2. The summed E-state index contributed by atoms with van der Waals surface area (Å²) in [6, 6.07) is 0. The van der Waals surface area contributed by atoms with E-state index < -0.39 is 11.9 Å². The quantitative estimate of drug-likeness (QED) is 0.194. The Kier molecular flexibility index (Phi) is 21.9. The molecule has 1 atom stereocenters. The number of aliphatic hydroxyl groups is 1. The van der Waals surface area contributed by atoms with Crippen molar-refractivity contribution in [2.75, 3.05) is 0 Å². The summed E-state index contributed by atoms with van der Waals surface area (Å²) in [5, 5.41) is 25.9. The number of carbonyl (C=O) groups is 2. The minimum absolute atomic E-state index is 0.172. The minimum Gasteiger partial charge on any atom is -0.481 e. The maximum Gasteiger partial charge on any atom is 0.327 e. The van der Waals surface area contributed by atoms with Gasteiger partial charge in [-0.15, -0.1) is 0 Å². The van der Waals surface area contributed by atoms with E-state index in [1.54, 1.807) is 0 Å². The van der Waals surface area contributed by atoms with Gasteiger partial charge in [0, 0.05) is 12.5 Å². The molecule has 0 rings (SSSR count). The average Bonchev–Trinajstić information content (AvgIpc) is 2.60. The number of carboxylic acid groups (broad SMARTS) is 2. The molecular weight excluding hydrogens is 332 g/mol. The van der Waals surface area contributed by atoms with Gasteiger partial charge in [0.1, 0.15) is 0 Å². The molecule has 5 heteroatoms. The summed E-state index contributed by atoms with van der Waals surface area (Å²) in [7, 11) is 0. The van der Waals surface area contributed by atoms with Crippen LogP contribution in [0.5, 0.6) is 0 Å². The second kappa shape index (κ2) is 21.4. The van der Waals surface area contributed by atoms with Crippen LogP contribution in [0.1, 0.15) is 90.4 Å². The van der Waals surface area contributed by atoms with Gasteiger partial charge in [-0.2, -0.15) is 0 Å². The van der Waals surface area contributed by atoms with Gasteiger partial charge >= 0.3 is 11.9 Å². The second-order valence-electron chi connectivity index (χ2n) is 6.45. The Morgan fingerprint density at radius 1 is 0.923 bits per heavy atom. The molecule has 0 amide bonds. The van der Waals surface area contributed by atoms with Crippen LogP contribution in [0.15, 0.2) is 24.8 Å². The van der Waals surface area contributed by atoms with E-state index >= 15 is 0 Å². The topological polar surface area (TPSA) is 94.8 Å². The van der Waals surface area contributed by atoms with Crippen LogP contribution in [0.4, 0.5) is 0 Å². The van der Waals surface area contributed by atoms with Gasteiger partial charge in [-0.1, -0.05) is 70.6 Å². The highest BCUT2D eigenvalue weighted by Gasteiger charge is 2.00. The third kappa shape index (κ3) is 27.2. The fourth-order valence-corrected chi connectivity index (χ4v) is 2.36. The molecule has 0 aliphatic heterocycles. The monoisotopic (exact) mass is 370 g/mol. The van der Waals surface area contributed by atoms with Gasteiger partial charge in [0.2, 0.25) is 0 Å². The van der Waals surface area contributed by atoms with Gasteiger partial charge < -0.3 is 15.3 Å². The molecule has 0 saturated carbocycles. The Hall–Kier alpha value is -1.62. The van der Waals surface area contributed by atoms with Crippen molar-refractivity contribution in [3.63, 3.8) is 0 Å². The van der Waals surface area contributed by atoms with Crippen LogP contribution in [-0.4, -0.2) is 33.4 Å². The molecule has 0 aromatic heterocycles. The number of aliphatic carboxylic acids is 2. The van der Waals surface area contributed by atoms with E-state index in [-0.39, 0.29) is 6.10 Å². The van der Waals surface area contributed by atoms with E-state index in [9.17, 15) is 14.7 Å². The molecule has 0 fully saturated rings. The summed E-state index contributed by atoms with van der Waals surface area (Å²) in [6.45, 7) is 5.16. The molecule has 0 unspecified atom stereocenters. The highest BCUT2D eigenvalue weighted by Crippen LogP contribution is 2.10. The standard InChI is InChI=1S/C18H34O3.C3H4O2/c1-2-3-4-11-14-17(19)15-12-9-7-5-6-8-10-13-16-18(20)21;1-2-3(4)5/h9,12,17,19H,2-8,10-11,13-16H2,1H3,(H,20,21);2H,1H2,(H,4,5)/b12-9-;/t17-;/m1./s1. The van der Waals surface area contributed by atoms with Crippen LogP contribution in [0.3, 0.4) is 0 Å². The van der Waals surface area contributed by atoms with Crippen LogP contribution in [0, 0.1) is 0 Å². The number of hydrogen-bond acceptors (Lipinski definition) is 3. The van der Waals surface area contributed by atoms with E-state index in [1.807, 2.05) is 0 Å². The highest BCUT2D eigenvalue weighted by molar-refractivity contribution is 5.78. The lowest BCUT2D eigenvalue weighted by Crippen LogP contribution is -2.04. The Morgan fingerprint density at radius 2 is 1.50 bits per heavy atom. The van der Waals surface area contributed by atoms with Crippen LogP contribution in [0.2, 0.25) is 0 Å². The molecule has 0 aliphatic carbocycles. The van der Waals surface area contributed by atoms with Gasteiger partial charge in [0.05, 0.1) is 6.10 Å². The summed E-state index contributed by atoms with van der Waals surface area (Å²) < 4.78 is 0. The summed E-state index contributed by atoms with van der Waals surface area (Å²) in [5.74, 6) is -1.67. The van der Waals surface area contributed by atoms with E-state index in [2.05, 4.69) is 25.7 Å². The lowest BCUT2D eigenvalue weighted by molar-refractivity contribution is -0.137. The number of unbranched alkanes of at least 4 members (excludes halogenated alkanes) is 8. The van der Waals surface area contributed by atoms with Crippen molar-refractivity contribution in [1.82, 2.24) is 0 Å². The predicted octanol–water partition coefficient (Wildman–Crippen LogP) is 5.34. The van der Waals surface area contributed by atoms with Crippen LogP contribution >= 0.6 is 0 Å². The molecule has 0 aliphatic rings. The molecule has 0 saturated heterocycles. The first-order valence-electron chi connectivity index (χ1n) is 9.84. The summed E-state index contributed by atoms with van der Waals surface area (Å²) >= 11 is 0. The fraction of sp³-hybridized carbons (Fsp3) is 0.714. The van der Waals surface area contributed by atoms with Crippen LogP contribution in [0.25, 0.3) is 0 Å². The molecule has 0 aromatic rings. The number of aliphatic hydroxyl groups excluding tert-OH is 1. The van der Waals surface area contributed by atoms with Crippen molar-refractivity contribution in [2.45, 2.75) is 96.5 Å². The van der Waals surface area contributed by atoms with Crippen LogP contribution in [-0.2, 0) is 9.59 Å². The smallest absolute Gasteiger partial charge is 0.327 e. The molecule has 0 heterocycles. The molecule has 152 valence electrons. The van der Waals surface area contributed by atoms with Gasteiger partial charge in [-0.25, -0.2) is 4.79 Å². The molecule has 26 heavy (non-hydrogen) atoms. The van der Waals surface area contributed by atoms with E-state index in [0.29, 0.717) is 6.42 Å². The summed E-state index contributed by atoms with van der Waals surface area (Å²) in [6.07, 6.45) is 18.2. The SMILES string of the molecule is C=CC(=O)O.CCCCCC[C@@H](O)C/C=C\CCCCCCCC(=O)O. The third-order valence-corrected chi connectivity index (χ3v) is 3.90. The lowest BCUT2D eigenvalue weighted by atomic mass is 10.1. The van der Waals surface area contributed by atoms with E-state index in [0.717, 1.165) is 57.4 Å². The number of hydrogen-bond donors (Lipinski definition) is 3. The molecule has 0 radical (unpaired) electrons. The first kappa shape index (κ1) is 26.6. The zero-order chi connectivity index (χ0) is 20.0. The van der Waals surface area contributed by atoms with Crippen molar-refractivity contribution in [1.29, 1.82) is 0 Å². The molecule has 3 N–H and O–H groups in total. The van der Waals surface area contributed by atoms with Crippen molar-refractivity contribution >= 4 is 11.9 Å². The molecule has 0 bridgehead atoms. The van der Waals surface area contributed by atoms with E-state index in [1.165, 1.54) is 25.7 Å². The first-order valence-corrected chi connectivity index (χ1v) is 9.84. The largest absolute Gasteiger partial charge is 0.481 e. The lowest BCUT2D eigenvalue weighted by Gasteiger charge is -2.07. The van der Waals surface area contributed by atoms with Crippen molar-refractivity contribution in [3.8, 4) is 0 Å². The Bertz CT molecular complexity index is 377. The molecular formula is C21H38O5. The minimum atomic E-state index is -0.981. The zero-order valence-corrected chi connectivity index (χ0v) is 16.4. The van der Waals surface area contributed by atoms with Crippen LogP contribution < -0.4 is 0 Å². The molecule has 5 nitrogen and oxygen atoms in total. The highest BCUT2D eigenvalue weighted by atomic mass is 16.4. The maximum absolute atomic E-state index is 10.3.